The SMILES string of the molecule is COc1ccc(C[N+]2(CC(=O)O)CCCCC2)cc1OC. The van der Waals surface area contributed by atoms with Crippen LogP contribution < -0.4 is 9.47 Å². The van der Waals surface area contributed by atoms with Gasteiger partial charge in [0.25, 0.3) is 0 Å². The normalized spacial score (nSPS) is 17.2. The number of carboxylic acids is 1. The van der Waals surface area contributed by atoms with Crippen LogP contribution in [0.2, 0.25) is 0 Å². The van der Waals surface area contributed by atoms with E-state index >= 15 is 0 Å². The lowest BCUT2D eigenvalue weighted by molar-refractivity contribution is -0.938. The molecule has 1 N–H and O–H groups in total. The molecule has 0 radical (unpaired) electrons. The second kappa shape index (κ2) is 6.80. The van der Waals surface area contributed by atoms with Crippen molar-refractivity contribution in [2.75, 3.05) is 33.9 Å². The molecule has 0 spiro atoms. The lowest BCUT2D eigenvalue weighted by Crippen LogP contribution is -2.53. The Kier molecular flexibility index (Phi) is 5.07. The molecular formula is C16H24NO4+. The highest BCUT2D eigenvalue weighted by atomic mass is 16.5. The zero-order valence-electron chi connectivity index (χ0n) is 12.8. The molecule has 21 heavy (non-hydrogen) atoms. The van der Waals surface area contributed by atoms with Crippen molar-refractivity contribution in [1.82, 2.24) is 0 Å². The maximum atomic E-state index is 11.2. The molecular weight excluding hydrogens is 270 g/mol. The predicted molar refractivity (Wildman–Crippen MR) is 79.6 cm³/mol. The van der Waals surface area contributed by atoms with Crippen molar-refractivity contribution in [3.8, 4) is 11.5 Å². The van der Waals surface area contributed by atoms with Crippen molar-refractivity contribution in [3.05, 3.63) is 23.8 Å². The van der Waals surface area contributed by atoms with E-state index in [-0.39, 0.29) is 6.54 Å². The number of ether oxygens (including phenoxy) is 2. The summed E-state index contributed by atoms with van der Waals surface area (Å²) in [6, 6.07) is 5.84. The minimum atomic E-state index is -0.725. The van der Waals surface area contributed by atoms with Crippen LogP contribution in [0.1, 0.15) is 24.8 Å². The van der Waals surface area contributed by atoms with Gasteiger partial charge in [0.1, 0.15) is 6.54 Å². The van der Waals surface area contributed by atoms with Crippen LogP contribution in [0.3, 0.4) is 0 Å². The summed E-state index contributed by atoms with van der Waals surface area (Å²) in [6.07, 6.45) is 3.40. The molecule has 1 aromatic carbocycles. The largest absolute Gasteiger partial charge is 0.493 e. The molecule has 1 aliphatic rings. The summed E-state index contributed by atoms with van der Waals surface area (Å²) in [5.74, 6) is 0.669. The number of methoxy groups -OCH3 is 2. The predicted octanol–water partition coefficient (Wildman–Crippen LogP) is 2.29. The molecule has 2 rings (SSSR count). The highest BCUT2D eigenvalue weighted by Crippen LogP contribution is 2.30. The number of quaternary nitrogens is 1. The van der Waals surface area contributed by atoms with E-state index in [0.29, 0.717) is 16.0 Å². The summed E-state index contributed by atoms with van der Waals surface area (Å²) in [5.41, 5.74) is 1.09. The molecule has 1 heterocycles. The first-order valence-electron chi connectivity index (χ1n) is 7.36. The fourth-order valence-electron chi connectivity index (χ4n) is 3.21. The molecule has 1 saturated heterocycles. The van der Waals surface area contributed by atoms with Gasteiger partial charge in [0.05, 0.1) is 27.3 Å². The highest BCUT2D eigenvalue weighted by molar-refractivity contribution is 5.68. The second-order valence-corrected chi connectivity index (χ2v) is 5.75. The molecule has 5 heteroatoms. The third kappa shape index (κ3) is 3.88. The van der Waals surface area contributed by atoms with Crippen LogP contribution in [-0.2, 0) is 11.3 Å². The number of rotatable bonds is 6. The second-order valence-electron chi connectivity index (χ2n) is 5.75. The fraction of sp³-hybridized carbons (Fsp3) is 0.562. The molecule has 0 saturated carbocycles. The van der Waals surface area contributed by atoms with Gasteiger partial charge in [0, 0.05) is 5.56 Å². The highest BCUT2D eigenvalue weighted by Gasteiger charge is 2.32. The maximum absolute atomic E-state index is 11.2. The van der Waals surface area contributed by atoms with Gasteiger partial charge in [-0.25, -0.2) is 4.79 Å². The van der Waals surface area contributed by atoms with Crippen LogP contribution >= 0.6 is 0 Å². The number of piperidine rings is 1. The van der Waals surface area contributed by atoms with Crippen LogP contribution in [0, 0.1) is 0 Å². The zero-order valence-corrected chi connectivity index (χ0v) is 12.8. The Morgan fingerprint density at radius 2 is 1.81 bits per heavy atom. The van der Waals surface area contributed by atoms with Gasteiger partial charge in [-0.3, -0.25) is 0 Å². The number of hydrogen-bond acceptors (Lipinski definition) is 3. The summed E-state index contributed by atoms with van der Waals surface area (Å²) < 4.78 is 11.2. The molecule has 0 atom stereocenters. The van der Waals surface area contributed by atoms with E-state index in [1.165, 1.54) is 6.42 Å². The summed E-state index contributed by atoms with van der Waals surface area (Å²) in [4.78, 5) is 11.2. The summed E-state index contributed by atoms with van der Waals surface area (Å²) >= 11 is 0. The van der Waals surface area contributed by atoms with Crippen molar-refractivity contribution in [3.63, 3.8) is 0 Å². The first-order valence-corrected chi connectivity index (χ1v) is 7.36. The number of likely N-dealkylation sites (tertiary alicyclic amines) is 1. The van der Waals surface area contributed by atoms with Crippen LogP contribution in [-0.4, -0.2) is 49.4 Å². The van der Waals surface area contributed by atoms with Gasteiger partial charge in [-0.05, 0) is 37.5 Å². The van der Waals surface area contributed by atoms with Crippen LogP contribution in [0.25, 0.3) is 0 Å². The number of aliphatic carboxylic acids is 1. The van der Waals surface area contributed by atoms with E-state index in [1.807, 2.05) is 18.2 Å². The molecule has 0 bridgehead atoms. The quantitative estimate of drug-likeness (QED) is 0.818. The van der Waals surface area contributed by atoms with E-state index in [0.717, 1.165) is 38.0 Å². The Balaban J connectivity index is 2.21. The summed E-state index contributed by atoms with van der Waals surface area (Å²) in [7, 11) is 3.23. The molecule has 1 aliphatic heterocycles. The van der Waals surface area contributed by atoms with E-state index < -0.39 is 5.97 Å². The van der Waals surface area contributed by atoms with Crippen LogP contribution in [0.4, 0.5) is 0 Å². The lowest BCUT2D eigenvalue weighted by Gasteiger charge is -2.40. The Bertz CT molecular complexity index is 495. The monoisotopic (exact) mass is 294 g/mol. The summed E-state index contributed by atoms with van der Waals surface area (Å²) in [5, 5.41) is 9.23. The number of nitrogens with zero attached hydrogens (tertiary/aromatic N) is 1. The van der Waals surface area contributed by atoms with Gasteiger partial charge < -0.3 is 19.1 Å². The lowest BCUT2D eigenvalue weighted by atomic mass is 10.0. The minimum Gasteiger partial charge on any atom is -0.493 e. The zero-order chi connectivity index (χ0) is 15.3. The van der Waals surface area contributed by atoms with E-state index in [4.69, 9.17) is 9.47 Å². The Labute approximate surface area is 125 Å². The van der Waals surface area contributed by atoms with E-state index in [1.54, 1.807) is 14.2 Å². The van der Waals surface area contributed by atoms with Crippen molar-refractivity contribution in [1.29, 1.82) is 0 Å². The Morgan fingerprint density at radius 1 is 1.14 bits per heavy atom. The maximum Gasteiger partial charge on any atom is 0.359 e. The topological polar surface area (TPSA) is 55.8 Å². The molecule has 1 fully saturated rings. The Hall–Kier alpha value is -1.75. The number of carboxylic acid groups (broad SMARTS) is 1. The van der Waals surface area contributed by atoms with Crippen molar-refractivity contribution in [2.45, 2.75) is 25.8 Å². The van der Waals surface area contributed by atoms with Gasteiger partial charge >= 0.3 is 5.97 Å². The molecule has 1 aromatic rings. The van der Waals surface area contributed by atoms with E-state index in [2.05, 4.69) is 0 Å². The minimum absolute atomic E-state index is 0.189. The van der Waals surface area contributed by atoms with Gasteiger partial charge in [0.2, 0.25) is 0 Å². The standard InChI is InChI=1S/C16H23NO4/c1-20-14-7-6-13(10-15(14)21-2)11-17(12-16(18)19)8-4-3-5-9-17/h6-7,10H,3-5,8-9,11-12H2,1-2H3/p+1. The van der Waals surface area contributed by atoms with Crippen LogP contribution in [0.5, 0.6) is 11.5 Å². The van der Waals surface area contributed by atoms with Gasteiger partial charge in [-0.15, -0.1) is 0 Å². The molecule has 5 nitrogen and oxygen atoms in total. The first kappa shape index (κ1) is 15.6. The van der Waals surface area contributed by atoms with Gasteiger partial charge in [-0.1, -0.05) is 0 Å². The fourth-order valence-corrected chi connectivity index (χ4v) is 3.21. The molecule has 0 amide bonds. The smallest absolute Gasteiger partial charge is 0.359 e. The molecule has 0 aliphatic carbocycles. The molecule has 0 aromatic heterocycles. The molecule has 116 valence electrons. The van der Waals surface area contributed by atoms with E-state index in [9.17, 15) is 9.90 Å². The van der Waals surface area contributed by atoms with Crippen LogP contribution in [0.15, 0.2) is 18.2 Å². The van der Waals surface area contributed by atoms with Crippen molar-refractivity contribution >= 4 is 5.97 Å². The number of hydrogen-bond donors (Lipinski definition) is 1. The number of carbonyl (C=O) groups is 1. The van der Waals surface area contributed by atoms with Gasteiger partial charge in [-0.2, -0.15) is 0 Å². The number of benzene rings is 1. The average molecular weight is 294 g/mol. The summed E-state index contributed by atoms with van der Waals surface area (Å²) in [6.45, 7) is 2.78. The van der Waals surface area contributed by atoms with Crippen molar-refractivity contribution < 1.29 is 23.9 Å². The third-order valence-electron chi connectivity index (χ3n) is 4.20. The third-order valence-corrected chi connectivity index (χ3v) is 4.20. The van der Waals surface area contributed by atoms with Crippen molar-refractivity contribution in [2.24, 2.45) is 0 Å². The first-order chi connectivity index (χ1) is 10.1. The van der Waals surface area contributed by atoms with Gasteiger partial charge in [0.15, 0.2) is 18.0 Å². The molecule has 0 unspecified atom stereocenters. The average Bonchev–Trinajstić information content (AvgIpc) is 2.47. The Morgan fingerprint density at radius 3 is 2.38 bits per heavy atom.